The van der Waals surface area contributed by atoms with Gasteiger partial charge in [-0.1, -0.05) is 0 Å². The predicted octanol–water partition coefficient (Wildman–Crippen LogP) is 1.44. The smallest absolute Gasteiger partial charge is 0.243 e. The Labute approximate surface area is 196 Å². The Morgan fingerprint density at radius 1 is 0.912 bits per heavy atom. The highest BCUT2D eigenvalue weighted by Gasteiger charge is 2.35. The first-order valence-corrected chi connectivity index (χ1v) is 11.2. The maximum atomic E-state index is 13.2. The summed E-state index contributed by atoms with van der Waals surface area (Å²) in [4.78, 5) is 43.7. The van der Waals surface area contributed by atoms with E-state index in [0.717, 1.165) is 5.69 Å². The highest BCUT2D eigenvalue weighted by molar-refractivity contribution is 5.97. The van der Waals surface area contributed by atoms with E-state index in [9.17, 15) is 23.2 Å². The summed E-state index contributed by atoms with van der Waals surface area (Å²) in [6.07, 6.45) is -0.187. The summed E-state index contributed by atoms with van der Waals surface area (Å²) in [6, 6.07) is 10.8. The Hall–Kier alpha value is -3.53. The molecule has 1 atom stereocenters. The van der Waals surface area contributed by atoms with Gasteiger partial charge in [0.15, 0.2) is 0 Å². The fraction of sp³-hybridized carbons (Fsp3) is 0.375. The summed E-state index contributed by atoms with van der Waals surface area (Å²) in [6.45, 7) is 3.51. The minimum Gasteiger partial charge on any atom is -0.369 e. The van der Waals surface area contributed by atoms with Crippen LogP contribution >= 0.6 is 0 Å². The minimum absolute atomic E-state index is 0.153. The Balaban J connectivity index is 1.31. The summed E-state index contributed by atoms with van der Waals surface area (Å²) < 4.78 is 26.2. The van der Waals surface area contributed by atoms with Crippen molar-refractivity contribution in [2.24, 2.45) is 0 Å². The van der Waals surface area contributed by atoms with Crippen LogP contribution in [0.25, 0.3) is 0 Å². The van der Waals surface area contributed by atoms with Crippen LogP contribution in [0.1, 0.15) is 6.42 Å². The molecule has 0 aliphatic carbocycles. The minimum atomic E-state index is -0.901. The first kappa shape index (κ1) is 23.6. The fourth-order valence-electron chi connectivity index (χ4n) is 4.24. The molecule has 0 spiro atoms. The number of nitrogens with zero attached hydrogens (tertiary/aromatic N) is 3. The second-order valence-electron chi connectivity index (χ2n) is 8.39. The van der Waals surface area contributed by atoms with Crippen molar-refractivity contribution in [1.82, 2.24) is 15.1 Å². The van der Waals surface area contributed by atoms with Crippen molar-refractivity contribution in [2.75, 3.05) is 56.0 Å². The molecule has 4 rings (SSSR count). The van der Waals surface area contributed by atoms with E-state index in [0.29, 0.717) is 45.0 Å². The topological polar surface area (TPSA) is 85.0 Å². The van der Waals surface area contributed by atoms with E-state index in [1.807, 2.05) is 4.90 Å². The Morgan fingerprint density at radius 3 is 2.18 bits per heavy atom. The number of halogens is 2. The lowest BCUT2D eigenvalue weighted by Crippen LogP contribution is -2.60. The summed E-state index contributed by atoms with van der Waals surface area (Å²) in [5, 5.41) is 5.35. The number of nitrogens with one attached hydrogen (secondary N) is 2. The van der Waals surface area contributed by atoms with Gasteiger partial charge in [-0.2, -0.15) is 0 Å². The van der Waals surface area contributed by atoms with Crippen LogP contribution in [0.15, 0.2) is 48.5 Å². The summed E-state index contributed by atoms with van der Waals surface area (Å²) in [7, 11) is 0. The van der Waals surface area contributed by atoms with Gasteiger partial charge in [-0.3, -0.25) is 19.3 Å². The molecule has 2 aromatic carbocycles. The molecule has 0 radical (unpaired) electrons. The van der Waals surface area contributed by atoms with Gasteiger partial charge in [-0.05, 0) is 48.5 Å². The fourth-order valence-corrected chi connectivity index (χ4v) is 4.24. The van der Waals surface area contributed by atoms with E-state index in [-0.39, 0.29) is 30.6 Å². The van der Waals surface area contributed by atoms with Crippen molar-refractivity contribution in [1.29, 1.82) is 0 Å². The molecule has 2 fully saturated rings. The SMILES string of the molecule is O=C(C[C@H]1C(=O)NCCN1C(=O)CN1CCN(c2ccc(F)cc2)CC1)Nc1ccc(F)cc1. The zero-order chi connectivity index (χ0) is 24.1. The van der Waals surface area contributed by atoms with Crippen LogP contribution in [0.5, 0.6) is 0 Å². The third-order valence-corrected chi connectivity index (χ3v) is 6.08. The molecule has 2 aromatic rings. The van der Waals surface area contributed by atoms with Gasteiger partial charge >= 0.3 is 0 Å². The molecule has 2 heterocycles. The predicted molar refractivity (Wildman–Crippen MR) is 123 cm³/mol. The molecular formula is C24H27F2N5O3. The molecular weight excluding hydrogens is 444 g/mol. The Kier molecular flexibility index (Phi) is 7.36. The molecule has 180 valence electrons. The number of carbonyl (C=O) groups is 3. The number of rotatable bonds is 6. The first-order chi connectivity index (χ1) is 16.4. The van der Waals surface area contributed by atoms with Gasteiger partial charge in [0.1, 0.15) is 17.7 Å². The lowest BCUT2D eigenvalue weighted by Gasteiger charge is -2.39. The average Bonchev–Trinajstić information content (AvgIpc) is 2.83. The Morgan fingerprint density at radius 2 is 1.53 bits per heavy atom. The van der Waals surface area contributed by atoms with E-state index >= 15 is 0 Å². The third-order valence-electron chi connectivity index (χ3n) is 6.08. The van der Waals surface area contributed by atoms with Crippen molar-refractivity contribution >= 4 is 29.1 Å². The van der Waals surface area contributed by atoms with Crippen molar-refractivity contribution in [2.45, 2.75) is 12.5 Å². The molecule has 8 nitrogen and oxygen atoms in total. The molecule has 0 bridgehead atoms. The van der Waals surface area contributed by atoms with Gasteiger partial charge in [-0.25, -0.2) is 8.78 Å². The molecule has 2 aliphatic rings. The van der Waals surface area contributed by atoms with Crippen LogP contribution in [-0.4, -0.2) is 79.4 Å². The van der Waals surface area contributed by atoms with E-state index < -0.39 is 17.8 Å². The van der Waals surface area contributed by atoms with Crippen LogP contribution in [-0.2, 0) is 14.4 Å². The lowest BCUT2D eigenvalue weighted by molar-refractivity contribution is -0.145. The van der Waals surface area contributed by atoms with Gasteiger partial charge in [0.05, 0.1) is 13.0 Å². The molecule has 10 heteroatoms. The van der Waals surface area contributed by atoms with Crippen molar-refractivity contribution < 1.29 is 23.2 Å². The van der Waals surface area contributed by atoms with E-state index in [1.54, 1.807) is 12.1 Å². The number of carbonyl (C=O) groups excluding carboxylic acids is 3. The largest absolute Gasteiger partial charge is 0.369 e. The molecule has 34 heavy (non-hydrogen) atoms. The van der Waals surface area contributed by atoms with Gasteiger partial charge in [0.25, 0.3) is 0 Å². The van der Waals surface area contributed by atoms with Gasteiger partial charge in [0, 0.05) is 50.6 Å². The number of benzene rings is 2. The molecule has 0 aromatic heterocycles. The molecule has 2 aliphatic heterocycles. The first-order valence-electron chi connectivity index (χ1n) is 11.2. The third kappa shape index (κ3) is 5.88. The molecule has 2 saturated heterocycles. The molecule has 0 unspecified atom stereocenters. The zero-order valence-electron chi connectivity index (χ0n) is 18.7. The molecule has 2 N–H and O–H groups in total. The molecule has 0 saturated carbocycles. The second kappa shape index (κ2) is 10.6. The van der Waals surface area contributed by atoms with Crippen LogP contribution in [0.2, 0.25) is 0 Å². The lowest BCUT2D eigenvalue weighted by atomic mass is 10.1. The average molecular weight is 472 g/mol. The standard InChI is InChI=1S/C24H27F2N5O3/c25-17-1-5-19(6-2-17)28-22(32)15-21-24(34)27-9-10-31(21)23(33)16-29-11-13-30(14-12-29)20-7-3-18(26)4-8-20/h1-8,21H,9-16H2,(H,27,34)(H,28,32)/t21-/m0/s1. The van der Waals surface area contributed by atoms with Crippen molar-refractivity contribution in [3.63, 3.8) is 0 Å². The molecule has 3 amide bonds. The summed E-state index contributed by atoms with van der Waals surface area (Å²) in [5.74, 6) is -1.70. The second-order valence-corrected chi connectivity index (χ2v) is 8.39. The zero-order valence-corrected chi connectivity index (χ0v) is 18.7. The van der Waals surface area contributed by atoms with E-state index in [4.69, 9.17) is 0 Å². The van der Waals surface area contributed by atoms with E-state index in [2.05, 4.69) is 15.5 Å². The Bertz CT molecular complexity index is 1020. The summed E-state index contributed by atoms with van der Waals surface area (Å²) in [5.41, 5.74) is 1.35. The number of amides is 3. The van der Waals surface area contributed by atoms with Gasteiger partial charge < -0.3 is 20.4 Å². The van der Waals surface area contributed by atoms with Gasteiger partial charge in [0.2, 0.25) is 17.7 Å². The van der Waals surface area contributed by atoms with Crippen molar-refractivity contribution in [3.05, 3.63) is 60.2 Å². The van der Waals surface area contributed by atoms with Crippen LogP contribution < -0.4 is 15.5 Å². The van der Waals surface area contributed by atoms with Gasteiger partial charge in [-0.15, -0.1) is 0 Å². The number of anilines is 2. The monoisotopic (exact) mass is 471 g/mol. The maximum absolute atomic E-state index is 13.2. The summed E-state index contributed by atoms with van der Waals surface area (Å²) >= 11 is 0. The number of hydrogen-bond acceptors (Lipinski definition) is 5. The van der Waals surface area contributed by atoms with Crippen LogP contribution in [0.3, 0.4) is 0 Å². The quantitative estimate of drug-likeness (QED) is 0.666. The number of piperazine rings is 2. The van der Waals surface area contributed by atoms with Crippen LogP contribution in [0, 0.1) is 11.6 Å². The van der Waals surface area contributed by atoms with Crippen molar-refractivity contribution in [3.8, 4) is 0 Å². The normalized spacial score (nSPS) is 19.0. The van der Waals surface area contributed by atoms with E-state index in [1.165, 1.54) is 41.3 Å². The maximum Gasteiger partial charge on any atom is 0.243 e. The highest BCUT2D eigenvalue weighted by Crippen LogP contribution is 2.18. The number of hydrogen-bond donors (Lipinski definition) is 2. The van der Waals surface area contributed by atoms with Crippen LogP contribution in [0.4, 0.5) is 20.2 Å². The highest BCUT2D eigenvalue weighted by atomic mass is 19.1.